The van der Waals surface area contributed by atoms with Crippen molar-refractivity contribution >= 4 is 17.6 Å². The SMILES string of the molecule is CN(C(=O)CN1CCCc2cc(C(=O)O)ccc21)C1CC1. The number of fused-ring (bicyclic) bond motifs is 1. The lowest BCUT2D eigenvalue weighted by Crippen LogP contribution is -2.41. The van der Waals surface area contributed by atoms with E-state index in [1.54, 1.807) is 12.1 Å². The standard InChI is InChI=1S/C16H20N2O3/c1-17(13-5-6-13)15(19)10-18-8-2-3-11-9-12(16(20)21)4-7-14(11)18/h4,7,9,13H,2-3,5-6,8,10H2,1H3,(H,20,21). The zero-order valence-electron chi connectivity index (χ0n) is 12.2. The Labute approximate surface area is 124 Å². The number of carboxylic acid groups (broad SMARTS) is 1. The van der Waals surface area contributed by atoms with E-state index in [0.717, 1.165) is 43.5 Å². The van der Waals surface area contributed by atoms with Gasteiger partial charge < -0.3 is 14.9 Å². The Kier molecular flexibility index (Phi) is 3.57. The van der Waals surface area contributed by atoms with E-state index in [-0.39, 0.29) is 5.91 Å². The zero-order chi connectivity index (χ0) is 15.0. The first kappa shape index (κ1) is 13.9. The van der Waals surface area contributed by atoms with Gasteiger partial charge in [-0.3, -0.25) is 4.79 Å². The van der Waals surface area contributed by atoms with Crippen LogP contribution in [0.1, 0.15) is 35.2 Å². The van der Waals surface area contributed by atoms with Crippen LogP contribution >= 0.6 is 0 Å². The molecule has 5 nitrogen and oxygen atoms in total. The summed E-state index contributed by atoms with van der Waals surface area (Å²) in [7, 11) is 1.87. The molecule has 0 bridgehead atoms. The Morgan fingerprint density at radius 2 is 2.14 bits per heavy atom. The summed E-state index contributed by atoms with van der Waals surface area (Å²) in [5.41, 5.74) is 2.35. The number of aromatic carboxylic acids is 1. The highest BCUT2D eigenvalue weighted by Gasteiger charge is 2.31. The molecular formula is C16H20N2O3. The van der Waals surface area contributed by atoms with E-state index in [1.165, 1.54) is 0 Å². The molecule has 2 aliphatic rings. The molecule has 1 heterocycles. The molecule has 3 rings (SSSR count). The van der Waals surface area contributed by atoms with Crippen LogP contribution in [0.3, 0.4) is 0 Å². The van der Waals surface area contributed by atoms with Gasteiger partial charge in [-0.25, -0.2) is 4.79 Å². The number of aryl methyl sites for hydroxylation is 1. The van der Waals surface area contributed by atoms with Crippen LogP contribution in [0.15, 0.2) is 18.2 Å². The van der Waals surface area contributed by atoms with Crippen LogP contribution in [0.5, 0.6) is 0 Å². The number of nitrogens with zero attached hydrogens (tertiary/aromatic N) is 2. The molecule has 1 aliphatic carbocycles. The third kappa shape index (κ3) is 2.86. The van der Waals surface area contributed by atoms with Crippen molar-refractivity contribution < 1.29 is 14.7 Å². The molecule has 0 radical (unpaired) electrons. The minimum atomic E-state index is -0.903. The second-order valence-electron chi connectivity index (χ2n) is 5.91. The summed E-state index contributed by atoms with van der Waals surface area (Å²) in [5, 5.41) is 9.06. The lowest BCUT2D eigenvalue weighted by molar-refractivity contribution is -0.128. The maximum absolute atomic E-state index is 12.3. The molecule has 1 amide bonds. The number of hydrogen-bond acceptors (Lipinski definition) is 3. The summed E-state index contributed by atoms with van der Waals surface area (Å²) in [6, 6.07) is 5.62. The molecule has 112 valence electrons. The summed E-state index contributed by atoms with van der Waals surface area (Å²) < 4.78 is 0. The van der Waals surface area contributed by atoms with E-state index in [4.69, 9.17) is 5.11 Å². The third-order valence-electron chi connectivity index (χ3n) is 4.36. The van der Waals surface area contributed by atoms with E-state index in [2.05, 4.69) is 4.90 Å². The minimum Gasteiger partial charge on any atom is -0.478 e. The van der Waals surface area contributed by atoms with Crippen LogP contribution in [0.25, 0.3) is 0 Å². The molecule has 0 unspecified atom stereocenters. The molecule has 1 saturated carbocycles. The summed E-state index contributed by atoms with van der Waals surface area (Å²) in [5.74, 6) is -0.757. The van der Waals surface area contributed by atoms with Gasteiger partial charge in [0.2, 0.25) is 5.91 Å². The van der Waals surface area contributed by atoms with Crippen molar-refractivity contribution in [1.29, 1.82) is 0 Å². The smallest absolute Gasteiger partial charge is 0.335 e. The van der Waals surface area contributed by atoms with Crippen molar-refractivity contribution in [2.45, 2.75) is 31.7 Å². The molecule has 0 spiro atoms. The highest BCUT2D eigenvalue weighted by atomic mass is 16.4. The maximum Gasteiger partial charge on any atom is 0.335 e. The van der Waals surface area contributed by atoms with Crippen LogP contribution in [0, 0.1) is 0 Å². The van der Waals surface area contributed by atoms with E-state index in [1.807, 2.05) is 18.0 Å². The predicted octanol–water partition coefficient (Wildman–Crippen LogP) is 1.76. The predicted molar refractivity (Wildman–Crippen MR) is 79.7 cm³/mol. The fourth-order valence-corrected chi connectivity index (χ4v) is 2.91. The van der Waals surface area contributed by atoms with Gasteiger partial charge in [-0.05, 0) is 49.4 Å². The first-order valence-electron chi connectivity index (χ1n) is 7.43. The maximum atomic E-state index is 12.3. The molecule has 0 atom stereocenters. The van der Waals surface area contributed by atoms with E-state index >= 15 is 0 Å². The Hall–Kier alpha value is -2.04. The van der Waals surface area contributed by atoms with Crippen LogP contribution < -0.4 is 4.90 Å². The van der Waals surface area contributed by atoms with Gasteiger partial charge in [-0.2, -0.15) is 0 Å². The Morgan fingerprint density at radius 1 is 1.38 bits per heavy atom. The lowest BCUT2D eigenvalue weighted by Gasteiger charge is -2.32. The second kappa shape index (κ2) is 5.39. The molecule has 1 N–H and O–H groups in total. The largest absolute Gasteiger partial charge is 0.478 e. The molecule has 1 aromatic rings. The lowest BCUT2D eigenvalue weighted by atomic mass is 9.99. The average molecular weight is 288 g/mol. The van der Waals surface area contributed by atoms with Crippen molar-refractivity contribution in [3.8, 4) is 0 Å². The number of likely N-dealkylation sites (N-methyl/N-ethyl adjacent to an activating group) is 1. The Bertz CT molecular complexity index is 581. The van der Waals surface area contributed by atoms with E-state index in [9.17, 15) is 9.59 Å². The number of carbonyl (C=O) groups is 2. The van der Waals surface area contributed by atoms with Crippen LogP contribution in [0.4, 0.5) is 5.69 Å². The van der Waals surface area contributed by atoms with Gasteiger partial charge in [0.15, 0.2) is 0 Å². The second-order valence-corrected chi connectivity index (χ2v) is 5.91. The quantitative estimate of drug-likeness (QED) is 0.917. The highest BCUT2D eigenvalue weighted by molar-refractivity contribution is 5.89. The van der Waals surface area contributed by atoms with Gasteiger partial charge in [-0.1, -0.05) is 0 Å². The Balaban J connectivity index is 1.77. The molecule has 0 aromatic heterocycles. The van der Waals surface area contributed by atoms with E-state index < -0.39 is 5.97 Å². The molecule has 0 saturated heterocycles. The van der Waals surface area contributed by atoms with Crippen molar-refractivity contribution in [2.24, 2.45) is 0 Å². The van der Waals surface area contributed by atoms with Crippen LogP contribution in [0.2, 0.25) is 0 Å². The topological polar surface area (TPSA) is 60.9 Å². The third-order valence-corrected chi connectivity index (χ3v) is 4.36. The van der Waals surface area contributed by atoms with Crippen molar-refractivity contribution in [2.75, 3.05) is 25.0 Å². The summed E-state index contributed by atoms with van der Waals surface area (Å²) >= 11 is 0. The Morgan fingerprint density at radius 3 is 2.81 bits per heavy atom. The minimum absolute atomic E-state index is 0.146. The number of carbonyl (C=O) groups excluding carboxylic acids is 1. The highest BCUT2D eigenvalue weighted by Crippen LogP contribution is 2.29. The first-order valence-corrected chi connectivity index (χ1v) is 7.43. The van der Waals surface area contributed by atoms with Gasteiger partial charge in [0.1, 0.15) is 0 Å². The monoisotopic (exact) mass is 288 g/mol. The molecule has 1 aromatic carbocycles. The first-order chi connectivity index (χ1) is 10.1. The van der Waals surface area contributed by atoms with Gasteiger partial charge in [0.05, 0.1) is 12.1 Å². The molecule has 5 heteroatoms. The summed E-state index contributed by atoms with van der Waals surface area (Å²) in [4.78, 5) is 27.2. The fraction of sp³-hybridized carbons (Fsp3) is 0.500. The number of anilines is 1. The number of carboxylic acids is 1. The van der Waals surface area contributed by atoms with Gasteiger partial charge in [-0.15, -0.1) is 0 Å². The average Bonchev–Trinajstić information content (AvgIpc) is 3.30. The van der Waals surface area contributed by atoms with E-state index in [0.29, 0.717) is 18.2 Å². The number of amides is 1. The number of hydrogen-bond donors (Lipinski definition) is 1. The normalized spacial score (nSPS) is 17.3. The number of benzene rings is 1. The molecule has 21 heavy (non-hydrogen) atoms. The molecule has 1 fully saturated rings. The van der Waals surface area contributed by atoms with Gasteiger partial charge in [0.25, 0.3) is 0 Å². The molecule has 1 aliphatic heterocycles. The number of rotatable bonds is 4. The van der Waals surface area contributed by atoms with Gasteiger partial charge in [0, 0.05) is 25.3 Å². The van der Waals surface area contributed by atoms with Crippen molar-refractivity contribution in [3.63, 3.8) is 0 Å². The molecular weight excluding hydrogens is 268 g/mol. The summed E-state index contributed by atoms with van der Waals surface area (Å²) in [6.07, 6.45) is 4.05. The van der Waals surface area contributed by atoms with Crippen molar-refractivity contribution in [3.05, 3.63) is 29.3 Å². The van der Waals surface area contributed by atoms with Gasteiger partial charge >= 0.3 is 5.97 Å². The summed E-state index contributed by atoms with van der Waals surface area (Å²) in [6.45, 7) is 1.23. The van der Waals surface area contributed by atoms with Crippen molar-refractivity contribution in [1.82, 2.24) is 4.90 Å². The van der Waals surface area contributed by atoms with Crippen LogP contribution in [-0.4, -0.2) is 48.1 Å². The van der Waals surface area contributed by atoms with Crippen LogP contribution in [-0.2, 0) is 11.2 Å². The fourth-order valence-electron chi connectivity index (χ4n) is 2.91. The zero-order valence-corrected chi connectivity index (χ0v) is 12.2.